The molecule has 0 aromatic heterocycles. The maximum atomic E-state index is 11.4. The quantitative estimate of drug-likeness (QED) is 0.446. The molecule has 0 heterocycles. The first-order valence-corrected chi connectivity index (χ1v) is 7.86. The fourth-order valence-electron chi connectivity index (χ4n) is 2.66. The van der Waals surface area contributed by atoms with Crippen molar-refractivity contribution in [3.05, 3.63) is 58.7 Å². The number of carbonyl (C=O) groups is 4. The molecule has 28 heavy (non-hydrogen) atoms. The van der Waals surface area contributed by atoms with E-state index in [9.17, 15) is 29.4 Å². The van der Waals surface area contributed by atoms with Crippen LogP contribution < -0.4 is 10.6 Å². The van der Waals surface area contributed by atoms with Crippen LogP contribution in [-0.4, -0.2) is 57.4 Å². The predicted octanol–water partition coefficient (Wildman–Crippen LogP) is 1.82. The molecule has 6 N–H and O–H groups in total. The van der Waals surface area contributed by atoms with Crippen LogP contribution in [0.4, 0.5) is 11.4 Å². The van der Waals surface area contributed by atoms with Gasteiger partial charge in [-0.15, -0.1) is 0 Å². The fourth-order valence-corrected chi connectivity index (χ4v) is 2.66. The topological polar surface area (TPSA) is 178 Å². The van der Waals surface area contributed by atoms with Gasteiger partial charge in [0, 0.05) is 25.9 Å². The van der Waals surface area contributed by atoms with Gasteiger partial charge >= 0.3 is 23.9 Å². The van der Waals surface area contributed by atoms with Gasteiger partial charge in [0.25, 0.3) is 0 Å². The van der Waals surface area contributed by atoms with Gasteiger partial charge in [0.1, 0.15) is 0 Å². The van der Waals surface area contributed by atoms with E-state index in [1.807, 2.05) is 0 Å². The molecule has 0 unspecified atom stereocenters. The Hall–Kier alpha value is -3.92. The standard InChI is InChI=1S/C18H16N2O8.H2/c19-5-6-20(9-1-3-11(15(21)22)13(7-9)17(25)26)10-2-4-12(16(23)24)14(8-10)18(27)28;/h1-4,7-8H,5-6,19H2,(H,21,22)(H,23,24)(H,25,26)(H,27,28);1H. The van der Waals surface area contributed by atoms with E-state index >= 15 is 0 Å². The number of benzene rings is 2. The third kappa shape index (κ3) is 4.07. The van der Waals surface area contributed by atoms with E-state index in [-0.39, 0.29) is 25.9 Å². The first-order chi connectivity index (χ1) is 13.2. The van der Waals surface area contributed by atoms with Crippen LogP contribution in [0.25, 0.3) is 0 Å². The van der Waals surface area contributed by atoms with Crippen molar-refractivity contribution in [2.45, 2.75) is 0 Å². The summed E-state index contributed by atoms with van der Waals surface area (Å²) in [5.74, 6) is -5.71. The Bertz CT molecular complexity index is 901. The van der Waals surface area contributed by atoms with Crippen LogP contribution in [-0.2, 0) is 0 Å². The van der Waals surface area contributed by atoms with Crippen LogP contribution in [0, 0.1) is 0 Å². The highest BCUT2D eigenvalue weighted by atomic mass is 16.4. The number of anilines is 2. The van der Waals surface area contributed by atoms with Crippen LogP contribution in [0.2, 0.25) is 0 Å². The van der Waals surface area contributed by atoms with E-state index < -0.39 is 46.1 Å². The lowest BCUT2D eigenvalue weighted by Gasteiger charge is -2.25. The number of aromatic carboxylic acids is 4. The maximum absolute atomic E-state index is 11.4. The van der Waals surface area contributed by atoms with Crippen molar-refractivity contribution in [2.75, 3.05) is 18.0 Å². The lowest BCUT2D eigenvalue weighted by atomic mass is 10.0. The summed E-state index contributed by atoms with van der Waals surface area (Å²) in [5, 5.41) is 36.8. The second-order valence-corrected chi connectivity index (χ2v) is 5.62. The molecule has 10 heteroatoms. The number of nitrogens with two attached hydrogens (primary N) is 1. The molecule has 0 aliphatic rings. The van der Waals surface area contributed by atoms with Crippen LogP contribution in [0.1, 0.15) is 42.9 Å². The molecule has 0 aliphatic heterocycles. The summed E-state index contributed by atoms with van der Waals surface area (Å²) < 4.78 is 0. The van der Waals surface area contributed by atoms with E-state index in [0.29, 0.717) is 0 Å². The first kappa shape index (κ1) is 20.4. The molecule has 0 bridgehead atoms. The van der Waals surface area contributed by atoms with Crippen LogP contribution in [0.5, 0.6) is 0 Å². The zero-order valence-electron chi connectivity index (χ0n) is 14.3. The molecule has 2 aromatic carbocycles. The Balaban J connectivity index is 0.00000420. The second kappa shape index (κ2) is 8.18. The van der Waals surface area contributed by atoms with E-state index in [2.05, 4.69) is 0 Å². The Morgan fingerprint density at radius 3 is 1.36 bits per heavy atom. The van der Waals surface area contributed by atoms with Gasteiger partial charge < -0.3 is 31.1 Å². The molecule has 0 amide bonds. The molecular weight excluding hydrogens is 372 g/mol. The van der Waals surface area contributed by atoms with Gasteiger partial charge in [0.15, 0.2) is 0 Å². The summed E-state index contributed by atoms with van der Waals surface area (Å²) in [7, 11) is 0. The molecule has 0 saturated heterocycles. The lowest BCUT2D eigenvalue weighted by Crippen LogP contribution is -2.26. The SMILES string of the molecule is NCCN(c1ccc(C(=O)O)c(C(=O)O)c1)c1ccc(C(=O)O)c(C(=O)O)c1.[HH]. The van der Waals surface area contributed by atoms with Gasteiger partial charge in [-0.1, -0.05) is 0 Å². The summed E-state index contributed by atoms with van der Waals surface area (Å²) in [6.07, 6.45) is 0. The minimum Gasteiger partial charge on any atom is -0.478 e. The van der Waals surface area contributed by atoms with Crippen molar-refractivity contribution >= 4 is 35.3 Å². The summed E-state index contributed by atoms with van der Waals surface area (Å²) >= 11 is 0. The minimum atomic E-state index is -1.45. The highest BCUT2D eigenvalue weighted by Crippen LogP contribution is 2.29. The van der Waals surface area contributed by atoms with Gasteiger partial charge in [-0.3, -0.25) is 0 Å². The lowest BCUT2D eigenvalue weighted by molar-refractivity contribution is 0.0651. The van der Waals surface area contributed by atoms with Gasteiger partial charge in [-0.25, -0.2) is 19.2 Å². The van der Waals surface area contributed by atoms with Gasteiger partial charge in [-0.05, 0) is 36.4 Å². The van der Waals surface area contributed by atoms with E-state index in [0.717, 1.165) is 24.3 Å². The zero-order valence-corrected chi connectivity index (χ0v) is 14.3. The molecule has 0 saturated carbocycles. The van der Waals surface area contributed by atoms with Crippen LogP contribution >= 0.6 is 0 Å². The number of rotatable bonds is 8. The van der Waals surface area contributed by atoms with E-state index in [1.165, 1.54) is 17.0 Å². The number of hydrogen-bond donors (Lipinski definition) is 5. The molecule has 10 nitrogen and oxygen atoms in total. The highest BCUT2D eigenvalue weighted by Gasteiger charge is 2.21. The second-order valence-electron chi connectivity index (χ2n) is 5.62. The van der Waals surface area contributed by atoms with E-state index in [4.69, 9.17) is 15.9 Å². The molecule has 0 spiro atoms. The van der Waals surface area contributed by atoms with Gasteiger partial charge in [-0.2, -0.15) is 0 Å². The molecule has 148 valence electrons. The normalized spacial score (nSPS) is 10.3. The summed E-state index contributed by atoms with van der Waals surface area (Å²) in [5.41, 5.74) is 4.39. The minimum absolute atomic E-state index is 0. The molecule has 0 aliphatic carbocycles. The number of nitrogens with zero attached hydrogens (tertiary/aromatic N) is 1. The third-order valence-electron chi connectivity index (χ3n) is 3.90. The average Bonchev–Trinajstić information content (AvgIpc) is 2.64. The fraction of sp³-hybridized carbons (Fsp3) is 0.111. The number of carboxylic acid groups (broad SMARTS) is 4. The maximum Gasteiger partial charge on any atom is 0.336 e. The van der Waals surface area contributed by atoms with Gasteiger partial charge in [0.2, 0.25) is 0 Å². The van der Waals surface area contributed by atoms with Crippen molar-refractivity contribution in [3.8, 4) is 0 Å². The Morgan fingerprint density at radius 2 is 1.07 bits per heavy atom. The Labute approximate surface area is 159 Å². The van der Waals surface area contributed by atoms with Crippen LogP contribution in [0.15, 0.2) is 36.4 Å². The Kier molecular flexibility index (Phi) is 5.96. The monoisotopic (exact) mass is 390 g/mol. The van der Waals surface area contributed by atoms with E-state index in [1.54, 1.807) is 0 Å². The molecule has 2 aromatic rings. The van der Waals surface area contributed by atoms with Crippen LogP contribution in [0.3, 0.4) is 0 Å². The van der Waals surface area contributed by atoms with Crippen molar-refractivity contribution in [3.63, 3.8) is 0 Å². The zero-order chi connectivity index (χ0) is 21.0. The summed E-state index contributed by atoms with van der Waals surface area (Å²) in [6.45, 7) is 0.239. The van der Waals surface area contributed by atoms with Crippen molar-refractivity contribution in [2.24, 2.45) is 5.73 Å². The first-order valence-electron chi connectivity index (χ1n) is 7.86. The summed E-state index contributed by atoms with van der Waals surface area (Å²) in [6, 6.07) is 7.22. The molecule has 2 rings (SSSR count). The molecule has 0 atom stereocenters. The highest BCUT2D eigenvalue weighted by molar-refractivity contribution is 6.04. The Morgan fingerprint density at radius 1 is 0.714 bits per heavy atom. The van der Waals surface area contributed by atoms with Gasteiger partial charge in [0.05, 0.1) is 22.3 Å². The van der Waals surface area contributed by atoms with Crippen molar-refractivity contribution < 1.29 is 41.0 Å². The predicted molar refractivity (Wildman–Crippen MR) is 98.9 cm³/mol. The smallest absolute Gasteiger partial charge is 0.336 e. The van der Waals surface area contributed by atoms with Crippen molar-refractivity contribution in [1.29, 1.82) is 0 Å². The summed E-state index contributed by atoms with van der Waals surface area (Å²) in [4.78, 5) is 46.7. The molecule has 0 radical (unpaired) electrons. The molecular formula is C18H18N2O8. The third-order valence-corrected chi connectivity index (χ3v) is 3.90. The average molecular weight is 390 g/mol. The largest absolute Gasteiger partial charge is 0.478 e. The van der Waals surface area contributed by atoms with Crippen molar-refractivity contribution in [1.82, 2.24) is 0 Å². The number of carboxylic acids is 4. The number of hydrogen-bond acceptors (Lipinski definition) is 6. The molecule has 0 fully saturated rings.